The fourth-order valence-corrected chi connectivity index (χ4v) is 2.96. The van der Waals surface area contributed by atoms with E-state index in [9.17, 15) is 0 Å². The molecule has 0 aliphatic heterocycles. The molecule has 1 aromatic heterocycles. The molecule has 0 radical (unpaired) electrons. The summed E-state index contributed by atoms with van der Waals surface area (Å²) >= 11 is 0. The SMILES string of the molecule is CCOP(OCC)OCCn1nc(C(C)(C)C)cc1C(C)(C)C. The first-order chi connectivity index (χ1) is 10.6. The molecule has 1 heterocycles. The third kappa shape index (κ3) is 6.50. The molecule has 0 saturated heterocycles. The summed E-state index contributed by atoms with van der Waals surface area (Å²) in [7, 11) is -1.25. The molecule has 0 spiro atoms. The van der Waals surface area contributed by atoms with Gasteiger partial charge in [0, 0.05) is 16.5 Å². The summed E-state index contributed by atoms with van der Waals surface area (Å²) in [6, 6.07) is 2.22. The lowest BCUT2D eigenvalue weighted by molar-refractivity contribution is 0.164. The van der Waals surface area contributed by atoms with E-state index in [2.05, 4.69) is 52.3 Å². The van der Waals surface area contributed by atoms with E-state index < -0.39 is 8.60 Å². The van der Waals surface area contributed by atoms with Gasteiger partial charge in [-0.3, -0.25) is 4.68 Å². The summed E-state index contributed by atoms with van der Waals surface area (Å²) in [5, 5.41) is 4.80. The van der Waals surface area contributed by atoms with Crippen molar-refractivity contribution in [3.05, 3.63) is 17.5 Å². The second-order valence-electron chi connectivity index (χ2n) is 7.53. The van der Waals surface area contributed by atoms with E-state index in [4.69, 9.17) is 18.7 Å². The zero-order chi connectivity index (χ0) is 17.7. The maximum absolute atomic E-state index is 5.75. The molecule has 0 atom stereocenters. The summed E-state index contributed by atoms with van der Waals surface area (Å²) in [6.07, 6.45) is 0. The second-order valence-corrected chi connectivity index (χ2v) is 8.75. The van der Waals surface area contributed by atoms with E-state index in [1.54, 1.807) is 0 Å². The molecule has 6 heteroatoms. The zero-order valence-electron chi connectivity index (χ0n) is 16.0. The predicted octanol–water partition coefficient (Wildman–Crippen LogP) is 4.79. The van der Waals surface area contributed by atoms with Crippen molar-refractivity contribution < 1.29 is 13.6 Å². The summed E-state index contributed by atoms with van der Waals surface area (Å²) in [5.74, 6) is 0. The van der Waals surface area contributed by atoms with Crippen molar-refractivity contribution in [2.45, 2.75) is 72.8 Å². The van der Waals surface area contributed by atoms with E-state index in [1.165, 1.54) is 5.69 Å². The van der Waals surface area contributed by atoms with Gasteiger partial charge in [0.1, 0.15) is 0 Å². The van der Waals surface area contributed by atoms with Crippen LogP contribution in [0.2, 0.25) is 0 Å². The normalized spacial score (nSPS) is 13.1. The number of aromatic nitrogens is 2. The molecule has 5 nitrogen and oxygen atoms in total. The monoisotopic (exact) mass is 344 g/mol. The lowest BCUT2D eigenvalue weighted by Crippen LogP contribution is -2.20. The van der Waals surface area contributed by atoms with Crippen LogP contribution in [-0.4, -0.2) is 29.6 Å². The molecule has 0 saturated carbocycles. The molecular weight excluding hydrogens is 311 g/mol. The highest BCUT2D eigenvalue weighted by molar-refractivity contribution is 7.41. The minimum absolute atomic E-state index is 0.0371. The van der Waals surface area contributed by atoms with Gasteiger partial charge in [0.15, 0.2) is 0 Å². The van der Waals surface area contributed by atoms with Crippen molar-refractivity contribution in [1.82, 2.24) is 9.78 Å². The van der Waals surface area contributed by atoms with Gasteiger partial charge >= 0.3 is 8.60 Å². The molecule has 0 unspecified atom stereocenters. The van der Waals surface area contributed by atoms with Crippen molar-refractivity contribution in [1.29, 1.82) is 0 Å². The standard InChI is InChI=1S/C17H33N2O3P/c1-9-20-23(21-10-2)22-12-11-19-15(17(6,7)8)13-14(18-19)16(3,4)5/h13H,9-12H2,1-8H3. The molecule has 0 aliphatic carbocycles. The lowest BCUT2D eigenvalue weighted by atomic mass is 9.88. The Morgan fingerprint density at radius 3 is 1.96 bits per heavy atom. The lowest BCUT2D eigenvalue weighted by Gasteiger charge is -2.21. The second kappa shape index (κ2) is 8.57. The van der Waals surface area contributed by atoms with Gasteiger partial charge in [-0.1, -0.05) is 41.5 Å². The maximum Gasteiger partial charge on any atom is 0.332 e. The maximum atomic E-state index is 5.75. The Morgan fingerprint density at radius 2 is 1.52 bits per heavy atom. The van der Waals surface area contributed by atoms with Gasteiger partial charge < -0.3 is 13.6 Å². The Morgan fingerprint density at radius 1 is 0.957 bits per heavy atom. The molecule has 1 rings (SSSR count). The van der Waals surface area contributed by atoms with Gasteiger partial charge in [0.2, 0.25) is 0 Å². The van der Waals surface area contributed by atoms with Crippen LogP contribution < -0.4 is 0 Å². The molecule has 23 heavy (non-hydrogen) atoms. The first-order valence-corrected chi connectivity index (χ1v) is 9.46. The number of rotatable bonds is 8. The molecule has 0 bridgehead atoms. The quantitative estimate of drug-likeness (QED) is 0.636. The molecule has 0 aliphatic rings. The van der Waals surface area contributed by atoms with Crippen LogP contribution in [0.4, 0.5) is 0 Å². The van der Waals surface area contributed by atoms with Gasteiger partial charge in [0.05, 0.1) is 32.1 Å². The van der Waals surface area contributed by atoms with Crippen LogP contribution in [0.15, 0.2) is 6.07 Å². The van der Waals surface area contributed by atoms with Gasteiger partial charge in [-0.25, -0.2) is 0 Å². The van der Waals surface area contributed by atoms with Crippen LogP contribution in [0.3, 0.4) is 0 Å². The number of hydrogen-bond acceptors (Lipinski definition) is 4. The van der Waals surface area contributed by atoms with Crippen LogP contribution in [0.25, 0.3) is 0 Å². The molecular formula is C17H33N2O3P. The molecule has 134 valence electrons. The van der Waals surface area contributed by atoms with Crippen LogP contribution in [0, 0.1) is 0 Å². The topological polar surface area (TPSA) is 45.5 Å². The third-order valence-corrected chi connectivity index (χ3v) is 4.62. The molecule has 0 fully saturated rings. The Hall–Kier alpha value is -0.480. The van der Waals surface area contributed by atoms with Crippen molar-refractivity contribution in [2.75, 3.05) is 19.8 Å². The van der Waals surface area contributed by atoms with Gasteiger partial charge in [0.25, 0.3) is 0 Å². The summed E-state index contributed by atoms with van der Waals surface area (Å²) in [6.45, 7) is 19.5. The summed E-state index contributed by atoms with van der Waals surface area (Å²) in [5.41, 5.74) is 2.42. The molecule has 0 amide bonds. The molecule has 0 N–H and O–H groups in total. The number of nitrogens with zero attached hydrogens (tertiary/aromatic N) is 2. The predicted molar refractivity (Wildman–Crippen MR) is 95.8 cm³/mol. The van der Waals surface area contributed by atoms with E-state index >= 15 is 0 Å². The Balaban J connectivity index is 2.80. The van der Waals surface area contributed by atoms with Gasteiger partial charge in [-0.05, 0) is 19.9 Å². The highest BCUT2D eigenvalue weighted by Crippen LogP contribution is 2.39. The molecule has 0 aromatic carbocycles. The first-order valence-electron chi connectivity index (χ1n) is 8.37. The Kier molecular flexibility index (Phi) is 7.66. The summed E-state index contributed by atoms with van der Waals surface area (Å²) in [4.78, 5) is 0. The molecule has 1 aromatic rings. The fraction of sp³-hybridized carbons (Fsp3) is 0.824. The smallest absolute Gasteiger partial charge is 0.313 e. The van der Waals surface area contributed by atoms with Crippen molar-refractivity contribution in [2.24, 2.45) is 0 Å². The summed E-state index contributed by atoms with van der Waals surface area (Å²) < 4.78 is 18.7. The largest absolute Gasteiger partial charge is 0.332 e. The van der Waals surface area contributed by atoms with Gasteiger partial charge in [-0.15, -0.1) is 0 Å². The average Bonchev–Trinajstić information content (AvgIpc) is 2.83. The van der Waals surface area contributed by atoms with Crippen molar-refractivity contribution in [3.8, 4) is 0 Å². The van der Waals surface area contributed by atoms with E-state index in [0.717, 1.165) is 5.69 Å². The van der Waals surface area contributed by atoms with Crippen LogP contribution in [0.1, 0.15) is 66.8 Å². The van der Waals surface area contributed by atoms with Crippen molar-refractivity contribution in [3.63, 3.8) is 0 Å². The fourth-order valence-electron chi connectivity index (χ4n) is 2.08. The van der Waals surface area contributed by atoms with E-state index in [1.807, 2.05) is 13.8 Å². The minimum atomic E-state index is -1.25. The van der Waals surface area contributed by atoms with Crippen LogP contribution >= 0.6 is 8.60 Å². The Labute approximate surface area is 142 Å². The van der Waals surface area contributed by atoms with Gasteiger partial charge in [-0.2, -0.15) is 5.10 Å². The highest BCUT2D eigenvalue weighted by atomic mass is 31.2. The first kappa shape index (κ1) is 20.6. The van der Waals surface area contributed by atoms with Crippen LogP contribution in [-0.2, 0) is 30.9 Å². The Bertz CT molecular complexity index is 469. The van der Waals surface area contributed by atoms with Crippen LogP contribution in [0.5, 0.6) is 0 Å². The van der Waals surface area contributed by atoms with E-state index in [-0.39, 0.29) is 10.8 Å². The minimum Gasteiger partial charge on any atom is -0.313 e. The zero-order valence-corrected chi connectivity index (χ0v) is 16.9. The number of hydrogen-bond donors (Lipinski definition) is 0. The van der Waals surface area contributed by atoms with Crippen molar-refractivity contribution >= 4 is 8.60 Å². The van der Waals surface area contributed by atoms with E-state index in [0.29, 0.717) is 26.4 Å². The third-order valence-electron chi connectivity index (χ3n) is 3.29. The average molecular weight is 344 g/mol. The highest BCUT2D eigenvalue weighted by Gasteiger charge is 2.25.